The van der Waals surface area contributed by atoms with Crippen molar-refractivity contribution in [2.24, 2.45) is 5.92 Å². The van der Waals surface area contributed by atoms with Crippen LogP contribution in [0.5, 0.6) is 5.75 Å². The number of aliphatic hydroxyl groups is 1. The molecule has 1 aromatic rings. The quantitative estimate of drug-likeness (QED) is 0.769. The van der Waals surface area contributed by atoms with Crippen LogP contribution in [0.2, 0.25) is 0 Å². The van der Waals surface area contributed by atoms with Crippen LogP contribution in [0.3, 0.4) is 0 Å². The minimum atomic E-state index is -0.178. The van der Waals surface area contributed by atoms with Crippen molar-refractivity contribution in [3.05, 3.63) is 42.0 Å². The minimum Gasteiger partial charge on any atom is -0.497 e. The van der Waals surface area contributed by atoms with Gasteiger partial charge >= 0.3 is 0 Å². The summed E-state index contributed by atoms with van der Waals surface area (Å²) in [6, 6.07) is 8.07. The van der Waals surface area contributed by atoms with Gasteiger partial charge in [0.25, 0.3) is 0 Å². The van der Waals surface area contributed by atoms with Crippen molar-refractivity contribution in [2.75, 3.05) is 20.3 Å². The highest BCUT2D eigenvalue weighted by Crippen LogP contribution is 2.36. The third-order valence-corrected chi connectivity index (χ3v) is 5.49. The fourth-order valence-electron chi connectivity index (χ4n) is 3.69. The lowest BCUT2D eigenvalue weighted by atomic mass is 9.71. The van der Waals surface area contributed by atoms with Crippen molar-refractivity contribution in [1.29, 1.82) is 0 Å². The Bertz CT molecular complexity index is 592. The maximum atomic E-state index is 12.8. The maximum absolute atomic E-state index is 12.8. The number of hydrogen-bond donors (Lipinski definition) is 1. The topological polar surface area (TPSA) is 49.8 Å². The van der Waals surface area contributed by atoms with Crippen molar-refractivity contribution in [1.82, 2.24) is 4.90 Å². The number of nitrogens with zero attached hydrogens (tertiary/aromatic N) is 1. The van der Waals surface area contributed by atoms with Gasteiger partial charge in [-0.05, 0) is 48.8 Å². The highest BCUT2D eigenvalue weighted by Gasteiger charge is 2.35. The van der Waals surface area contributed by atoms with E-state index in [-0.39, 0.29) is 29.9 Å². The summed E-state index contributed by atoms with van der Waals surface area (Å²) in [5, 5.41) is 9.49. The van der Waals surface area contributed by atoms with Crippen LogP contribution in [0.1, 0.15) is 45.6 Å². The summed E-state index contributed by atoms with van der Waals surface area (Å²) < 4.78 is 5.25. The molecule has 1 saturated heterocycles. The number of aliphatic hydroxyl groups excluding tert-OH is 1. The zero-order chi connectivity index (χ0) is 18.4. The number of allylic oxidation sites excluding steroid dienone is 2. The number of carbonyl (C=O) groups excluding carboxylic acids is 1. The summed E-state index contributed by atoms with van der Waals surface area (Å²) >= 11 is 0. The predicted octanol–water partition coefficient (Wildman–Crippen LogP) is 3.54. The zero-order valence-corrected chi connectivity index (χ0v) is 15.9. The SMILES string of the molecule is C/C=C/[C@@H](CC(=O)N1CCC[C@H]1CO)C(C)(C)c1ccc(OC)cc1. The Labute approximate surface area is 151 Å². The lowest BCUT2D eigenvalue weighted by Gasteiger charge is -2.34. The first-order valence-electron chi connectivity index (χ1n) is 9.11. The molecule has 1 amide bonds. The molecule has 0 spiro atoms. The molecule has 1 aliphatic rings. The number of rotatable bonds is 7. The number of likely N-dealkylation sites (tertiary alicyclic amines) is 1. The molecule has 0 radical (unpaired) electrons. The van der Waals surface area contributed by atoms with Crippen LogP contribution in [-0.2, 0) is 10.2 Å². The Kier molecular flexibility index (Phi) is 6.65. The van der Waals surface area contributed by atoms with Gasteiger partial charge in [0, 0.05) is 13.0 Å². The van der Waals surface area contributed by atoms with Crippen LogP contribution in [0.15, 0.2) is 36.4 Å². The summed E-state index contributed by atoms with van der Waals surface area (Å²) in [5.41, 5.74) is 1.01. The van der Waals surface area contributed by atoms with E-state index in [4.69, 9.17) is 4.74 Å². The molecule has 4 nitrogen and oxygen atoms in total. The van der Waals surface area contributed by atoms with E-state index in [9.17, 15) is 9.90 Å². The monoisotopic (exact) mass is 345 g/mol. The van der Waals surface area contributed by atoms with Gasteiger partial charge in [0.2, 0.25) is 5.91 Å². The minimum absolute atomic E-state index is 0.0112. The average Bonchev–Trinajstić information content (AvgIpc) is 3.10. The van der Waals surface area contributed by atoms with E-state index in [1.165, 1.54) is 5.56 Å². The van der Waals surface area contributed by atoms with Gasteiger partial charge in [0.15, 0.2) is 0 Å². The Morgan fingerprint density at radius 1 is 1.40 bits per heavy atom. The molecule has 25 heavy (non-hydrogen) atoms. The normalized spacial score (nSPS) is 19.4. The first-order valence-corrected chi connectivity index (χ1v) is 9.11. The fraction of sp³-hybridized carbons (Fsp3) is 0.571. The molecule has 0 saturated carbocycles. The van der Waals surface area contributed by atoms with Crippen LogP contribution < -0.4 is 4.74 Å². The first kappa shape index (κ1) is 19.5. The van der Waals surface area contributed by atoms with Crippen molar-refractivity contribution >= 4 is 5.91 Å². The number of benzene rings is 1. The van der Waals surface area contributed by atoms with E-state index in [0.717, 1.165) is 25.1 Å². The van der Waals surface area contributed by atoms with Gasteiger partial charge in [0.1, 0.15) is 5.75 Å². The molecule has 2 atom stereocenters. The number of ether oxygens (including phenoxy) is 1. The predicted molar refractivity (Wildman–Crippen MR) is 101 cm³/mol. The number of hydrogen-bond acceptors (Lipinski definition) is 3. The molecule has 0 unspecified atom stereocenters. The molecule has 1 aliphatic heterocycles. The van der Waals surface area contributed by atoms with Crippen LogP contribution in [-0.4, -0.2) is 42.2 Å². The Hall–Kier alpha value is -1.81. The molecular formula is C21H31NO3. The van der Waals surface area contributed by atoms with Crippen molar-refractivity contribution in [2.45, 2.75) is 51.5 Å². The average molecular weight is 345 g/mol. The highest BCUT2D eigenvalue weighted by molar-refractivity contribution is 5.77. The zero-order valence-electron chi connectivity index (χ0n) is 15.9. The van der Waals surface area contributed by atoms with Gasteiger partial charge in [-0.2, -0.15) is 0 Å². The highest BCUT2D eigenvalue weighted by atomic mass is 16.5. The number of amides is 1. The van der Waals surface area contributed by atoms with Crippen LogP contribution in [0, 0.1) is 5.92 Å². The maximum Gasteiger partial charge on any atom is 0.223 e. The largest absolute Gasteiger partial charge is 0.497 e. The molecule has 4 heteroatoms. The van der Waals surface area contributed by atoms with Gasteiger partial charge in [-0.15, -0.1) is 0 Å². The molecule has 1 heterocycles. The standard InChI is InChI=1S/C21H31NO3/c1-5-7-17(14-20(24)22-13-6-8-18(22)15-23)21(2,3)16-9-11-19(25-4)12-10-16/h5,7,9-12,17-18,23H,6,8,13-15H2,1-4H3/b7-5+/t17-,18-/m0/s1. The van der Waals surface area contributed by atoms with Crippen molar-refractivity contribution < 1.29 is 14.6 Å². The van der Waals surface area contributed by atoms with E-state index in [1.807, 2.05) is 30.0 Å². The molecule has 0 aromatic heterocycles. The molecule has 138 valence electrons. The third kappa shape index (κ3) is 4.43. The number of carbonyl (C=O) groups is 1. The van der Waals surface area contributed by atoms with Gasteiger partial charge in [-0.3, -0.25) is 4.79 Å². The van der Waals surface area contributed by atoms with Gasteiger partial charge in [0.05, 0.1) is 19.8 Å². The van der Waals surface area contributed by atoms with Crippen molar-refractivity contribution in [3.8, 4) is 5.75 Å². The molecule has 1 N–H and O–H groups in total. The van der Waals surface area contributed by atoms with Crippen LogP contribution in [0.25, 0.3) is 0 Å². The summed E-state index contributed by atoms with van der Waals surface area (Å²) in [7, 11) is 1.66. The lowest BCUT2D eigenvalue weighted by molar-refractivity contribution is -0.133. The summed E-state index contributed by atoms with van der Waals surface area (Å²) in [4.78, 5) is 14.7. The van der Waals surface area contributed by atoms with E-state index in [0.29, 0.717) is 6.42 Å². The van der Waals surface area contributed by atoms with Crippen molar-refractivity contribution in [3.63, 3.8) is 0 Å². The summed E-state index contributed by atoms with van der Waals surface area (Å²) in [5.74, 6) is 1.07. The summed E-state index contributed by atoms with van der Waals surface area (Å²) in [6.07, 6.45) is 6.49. The fourth-order valence-corrected chi connectivity index (χ4v) is 3.69. The second-order valence-electron chi connectivity index (χ2n) is 7.35. The third-order valence-electron chi connectivity index (χ3n) is 5.49. The summed E-state index contributed by atoms with van der Waals surface area (Å²) in [6.45, 7) is 7.17. The molecule has 0 bridgehead atoms. The molecule has 1 fully saturated rings. The van der Waals surface area contributed by atoms with E-state index in [2.05, 4.69) is 32.1 Å². The molecular weight excluding hydrogens is 314 g/mol. The molecule has 0 aliphatic carbocycles. The smallest absolute Gasteiger partial charge is 0.223 e. The molecule has 1 aromatic carbocycles. The number of methoxy groups -OCH3 is 1. The second kappa shape index (κ2) is 8.52. The van der Waals surface area contributed by atoms with Gasteiger partial charge < -0.3 is 14.7 Å². The Morgan fingerprint density at radius 3 is 2.64 bits per heavy atom. The first-order chi connectivity index (χ1) is 11.9. The second-order valence-corrected chi connectivity index (χ2v) is 7.35. The lowest BCUT2D eigenvalue weighted by Crippen LogP contribution is -2.40. The molecule has 2 rings (SSSR count). The van der Waals surface area contributed by atoms with Gasteiger partial charge in [-0.25, -0.2) is 0 Å². The van der Waals surface area contributed by atoms with E-state index >= 15 is 0 Å². The van der Waals surface area contributed by atoms with Crippen LogP contribution in [0.4, 0.5) is 0 Å². The van der Waals surface area contributed by atoms with E-state index in [1.54, 1.807) is 7.11 Å². The van der Waals surface area contributed by atoms with Crippen LogP contribution >= 0.6 is 0 Å². The Morgan fingerprint density at radius 2 is 2.08 bits per heavy atom. The Balaban J connectivity index is 2.18. The van der Waals surface area contributed by atoms with Gasteiger partial charge in [-0.1, -0.05) is 38.1 Å². The van der Waals surface area contributed by atoms with E-state index < -0.39 is 0 Å².